The summed E-state index contributed by atoms with van der Waals surface area (Å²) in [5.74, 6) is 2.01. The van der Waals surface area contributed by atoms with E-state index in [9.17, 15) is 8.42 Å². The van der Waals surface area contributed by atoms with Gasteiger partial charge < -0.3 is 20.1 Å². The van der Waals surface area contributed by atoms with Crippen LogP contribution >= 0.6 is 24.0 Å². The number of rotatable bonds is 9. The normalized spacial score (nSPS) is 13.3. The van der Waals surface area contributed by atoms with E-state index in [1.165, 1.54) is 0 Å². The Labute approximate surface area is 193 Å². The average Bonchev–Trinajstić information content (AvgIpc) is 2.61. The molecule has 0 fully saturated rings. The molecule has 0 radical (unpaired) electrons. The van der Waals surface area contributed by atoms with E-state index in [-0.39, 0.29) is 35.8 Å². The predicted molar refractivity (Wildman–Crippen MR) is 131 cm³/mol. The minimum atomic E-state index is -3.18. The first-order chi connectivity index (χ1) is 13.1. The number of aliphatic imine (C=N–C) groups is 1. The van der Waals surface area contributed by atoms with Crippen LogP contribution in [-0.4, -0.2) is 51.7 Å². The Kier molecular flexibility index (Phi) is 11.9. The van der Waals surface area contributed by atoms with Crippen LogP contribution in [0.15, 0.2) is 23.2 Å². The molecule has 0 aliphatic rings. The number of ether oxygens (including phenoxy) is 2. The SMILES string of the molecule is CCOc1ccc(C(C)NC(=NC)NCCS(=O)(=O)C(C)(C)C)cc1OCC.I. The van der Waals surface area contributed by atoms with E-state index in [2.05, 4.69) is 15.6 Å². The highest BCUT2D eigenvalue weighted by Crippen LogP contribution is 2.30. The predicted octanol–water partition coefficient (Wildman–Crippen LogP) is 3.54. The third kappa shape index (κ3) is 8.57. The van der Waals surface area contributed by atoms with Crippen molar-refractivity contribution in [2.75, 3.05) is 32.6 Å². The van der Waals surface area contributed by atoms with Crippen molar-refractivity contribution in [1.29, 1.82) is 0 Å². The Morgan fingerprint density at radius 1 is 1.14 bits per heavy atom. The molecule has 0 aromatic heterocycles. The fraction of sp³-hybridized carbons (Fsp3) is 0.650. The van der Waals surface area contributed by atoms with E-state index in [1.54, 1.807) is 27.8 Å². The van der Waals surface area contributed by atoms with E-state index >= 15 is 0 Å². The van der Waals surface area contributed by atoms with Crippen molar-refractivity contribution in [2.45, 2.75) is 52.3 Å². The maximum Gasteiger partial charge on any atom is 0.191 e. The van der Waals surface area contributed by atoms with Gasteiger partial charge in [0.2, 0.25) is 0 Å². The van der Waals surface area contributed by atoms with E-state index in [0.717, 1.165) is 11.3 Å². The number of halogens is 1. The number of nitrogens with zero attached hydrogens (tertiary/aromatic N) is 1. The highest BCUT2D eigenvalue weighted by molar-refractivity contribution is 14.0. The number of nitrogens with one attached hydrogen (secondary N) is 2. The van der Waals surface area contributed by atoms with Crippen molar-refractivity contribution in [3.63, 3.8) is 0 Å². The maximum absolute atomic E-state index is 12.2. The summed E-state index contributed by atoms with van der Waals surface area (Å²) in [4.78, 5) is 4.18. The fourth-order valence-corrected chi connectivity index (χ4v) is 3.41. The van der Waals surface area contributed by atoms with Crippen molar-refractivity contribution in [3.8, 4) is 11.5 Å². The van der Waals surface area contributed by atoms with Gasteiger partial charge in [-0.15, -0.1) is 24.0 Å². The molecule has 1 atom stereocenters. The second-order valence-electron chi connectivity index (χ2n) is 7.37. The van der Waals surface area contributed by atoms with Crippen LogP contribution in [0.1, 0.15) is 53.1 Å². The van der Waals surface area contributed by atoms with E-state index in [4.69, 9.17) is 9.47 Å². The largest absolute Gasteiger partial charge is 0.490 e. The van der Waals surface area contributed by atoms with Gasteiger partial charge in [-0.1, -0.05) is 6.07 Å². The Balaban J connectivity index is 0.00000784. The Morgan fingerprint density at radius 3 is 2.24 bits per heavy atom. The first-order valence-corrected chi connectivity index (χ1v) is 11.3. The lowest BCUT2D eigenvalue weighted by Gasteiger charge is -2.22. The molecule has 1 unspecified atom stereocenters. The second kappa shape index (κ2) is 12.5. The third-order valence-corrected chi connectivity index (χ3v) is 6.85. The standard InChI is InChI=1S/C20H35N3O4S.HI/c1-8-26-17-11-10-16(14-18(17)27-9-2)15(3)23-19(21-7)22-12-13-28(24,25)20(4,5)6;/h10-11,14-15H,8-9,12-13H2,1-7H3,(H2,21,22,23);1H. The van der Waals surface area contributed by atoms with Gasteiger partial charge >= 0.3 is 0 Å². The molecule has 9 heteroatoms. The topological polar surface area (TPSA) is 89.0 Å². The Morgan fingerprint density at radius 2 is 1.72 bits per heavy atom. The summed E-state index contributed by atoms with van der Waals surface area (Å²) < 4.78 is 35.0. The lowest BCUT2D eigenvalue weighted by molar-refractivity contribution is 0.287. The van der Waals surface area contributed by atoms with Crippen LogP contribution < -0.4 is 20.1 Å². The summed E-state index contributed by atoms with van der Waals surface area (Å²) in [6.07, 6.45) is 0. The molecule has 1 aromatic rings. The van der Waals surface area contributed by atoms with Gasteiger partial charge in [-0.3, -0.25) is 4.99 Å². The number of benzene rings is 1. The van der Waals surface area contributed by atoms with Crippen LogP contribution in [0.4, 0.5) is 0 Å². The van der Waals surface area contributed by atoms with E-state index < -0.39 is 14.6 Å². The van der Waals surface area contributed by atoms with Gasteiger partial charge in [-0.2, -0.15) is 0 Å². The molecule has 0 bridgehead atoms. The molecule has 0 aliphatic carbocycles. The zero-order valence-electron chi connectivity index (χ0n) is 18.5. The third-order valence-electron chi connectivity index (χ3n) is 4.24. The summed E-state index contributed by atoms with van der Waals surface area (Å²) in [6, 6.07) is 5.76. The summed E-state index contributed by atoms with van der Waals surface area (Å²) >= 11 is 0. The minimum absolute atomic E-state index is 0. The van der Waals surface area contributed by atoms with Crippen LogP contribution in [-0.2, 0) is 9.84 Å². The monoisotopic (exact) mass is 541 g/mol. The molecular weight excluding hydrogens is 505 g/mol. The van der Waals surface area contributed by atoms with Crippen molar-refractivity contribution in [3.05, 3.63) is 23.8 Å². The number of hydrogen-bond acceptors (Lipinski definition) is 5. The Bertz CT molecular complexity index is 761. The lowest BCUT2D eigenvalue weighted by Crippen LogP contribution is -2.42. The molecule has 0 heterocycles. The van der Waals surface area contributed by atoms with Crippen LogP contribution in [0.5, 0.6) is 11.5 Å². The highest BCUT2D eigenvalue weighted by Gasteiger charge is 2.28. The smallest absolute Gasteiger partial charge is 0.191 e. The zero-order valence-corrected chi connectivity index (χ0v) is 21.7. The van der Waals surface area contributed by atoms with Crippen molar-refractivity contribution in [2.24, 2.45) is 4.99 Å². The second-order valence-corrected chi connectivity index (χ2v) is 10.2. The van der Waals surface area contributed by atoms with Gasteiger partial charge in [0.05, 0.1) is 29.8 Å². The maximum atomic E-state index is 12.2. The highest BCUT2D eigenvalue weighted by atomic mass is 127. The van der Waals surface area contributed by atoms with Gasteiger partial charge in [0.1, 0.15) is 0 Å². The number of sulfone groups is 1. The molecule has 168 valence electrons. The van der Waals surface area contributed by atoms with Crippen LogP contribution in [0.3, 0.4) is 0 Å². The quantitative estimate of drug-likeness (QED) is 0.283. The van der Waals surface area contributed by atoms with E-state index in [0.29, 0.717) is 31.5 Å². The zero-order chi connectivity index (χ0) is 21.4. The van der Waals surface area contributed by atoms with Crippen molar-refractivity contribution < 1.29 is 17.9 Å². The lowest BCUT2D eigenvalue weighted by atomic mass is 10.1. The van der Waals surface area contributed by atoms with Crippen LogP contribution in [0.2, 0.25) is 0 Å². The van der Waals surface area contributed by atoms with Gasteiger partial charge in [0, 0.05) is 13.6 Å². The molecule has 1 aromatic carbocycles. The molecule has 0 amide bonds. The van der Waals surface area contributed by atoms with Gasteiger partial charge in [0.15, 0.2) is 27.3 Å². The van der Waals surface area contributed by atoms with Crippen LogP contribution in [0.25, 0.3) is 0 Å². The summed E-state index contributed by atoms with van der Waals surface area (Å²) in [5.41, 5.74) is 1.01. The molecule has 0 aliphatic heterocycles. The average molecular weight is 541 g/mol. The molecule has 2 N–H and O–H groups in total. The van der Waals surface area contributed by atoms with Gasteiger partial charge in [0.25, 0.3) is 0 Å². The first-order valence-electron chi connectivity index (χ1n) is 9.64. The van der Waals surface area contributed by atoms with Crippen molar-refractivity contribution >= 4 is 39.8 Å². The molecule has 29 heavy (non-hydrogen) atoms. The molecule has 7 nitrogen and oxygen atoms in total. The van der Waals surface area contributed by atoms with Gasteiger partial charge in [-0.25, -0.2) is 8.42 Å². The molecule has 0 saturated heterocycles. The first kappa shape index (κ1) is 27.8. The summed E-state index contributed by atoms with van der Waals surface area (Å²) in [6.45, 7) is 12.4. The van der Waals surface area contributed by atoms with E-state index in [1.807, 2.05) is 39.0 Å². The minimum Gasteiger partial charge on any atom is -0.490 e. The van der Waals surface area contributed by atoms with Gasteiger partial charge in [-0.05, 0) is 59.2 Å². The van der Waals surface area contributed by atoms with Crippen molar-refractivity contribution in [1.82, 2.24) is 10.6 Å². The molecule has 1 rings (SSSR count). The number of guanidine groups is 1. The summed E-state index contributed by atoms with van der Waals surface area (Å²) in [7, 11) is -1.52. The number of hydrogen-bond donors (Lipinski definition) is 2. The summed E-state index contributed by atoms with van der Waals surface area (Å²) in [5, 5.41) is 6.35. The fourth-order valence-electron chi connectivity index (χ4n) is 2.43. The molecular formula is C20H36IN3O4S. The Hall–Kier alpha value is -1.23. The van der Waals surface area contributed by atoms with Crippen LogP contribution in [0, 0.1) is 0 Å². The molecule has 0 spiro atoms. The molecule has 0 saturated carbocycles.